The summed E-state index contributed by atoms with van der Waals surface area (Å²) in [6.07, 6.45) is 1.36. The fourth-order valence-corrected chi connectivity index (χ4v) is 2.25. The summed E-state index contributed by atoms with van der Waals surface area (Å²) in [5.74, 6) is 0. The second-order valence-corrected chi connectivity index (χ2v) is 4.68. The molecule has 108 valence electrons. The highest BCUT2D eigenvalue weighted by atomic mass is 16.6. The molecule has 0 bridgehead atoms. The minimum atomic E-state index is -0.418. The first kappa shape index (κ1) is 14.1. The maximum atomic E-state index is 11.4. The minimum absolute atomic E-state index is 0.0797. The van der Waals surface area contributed by atoms with Gasteiger partial charge >= 0.3 is 6.09 Å². The molecule has 0 aliphatic carbocycles. The number of methoxy groups -OCH3 is 1. The predicted octanol–water partition coefficient (Wildman–Crippen LogP) is 2.24. The van der Waals surface area contributed by atoms with Gasteiger partial charge in [0, 0.05) is 37.0 Å². The van der Waals surface area contributed by atoms with Crippen molar-refractivity contribution in [3.8, 4) is 0 Å². The summed E-state index contributed by atoms with van der Waals surface area (Å²) in [7, 11) is 1.38. The van der Waals surface area contributed by atoms with Crippen molar-refractivity contribution in [3.63, 3.8) is 0 Å². The minimum Gasteiger partial charge on any atom is -0.453 e. The Morgan fingerprint density at radius 2 is 1.95 bits per heavy atom. The molecule has 1 heterocycles. The van der Waals surface area contributed by atoms with Crippen LogP contribution in [0.4, 0.5) is 16.2 Å². The number of amides is 1. The topological polar surface area (TPSA) is 84.7 Å². The van der Waals surface area contributed by atoms with Gasteiger partial charge in [-0.2, -0.15) is 0 Å². The summed E-state index contributed by atoms with van der Waals surface area (Å²) in [4.78, 5) is 23.2. The Hall–Kier alpha value is -2.31. The number of non-ortho nitro benzene ring substituents is 1. The first-order valence-corrected chi connectivity index (χ1v) is 6.44. The van der Waals surface area contributed by atoms with E-state index >= 15 is 0 Å². The van der Waals surface area contributed by atoms with Gasteiger partial charge in [0.1, 0.15) is 0 Å². The zero-order valence-electron chi connectivity index (χ0n) is 11.2. The molecule has 0 aromatic heterocycles. The Kier molecular flexibility index (Phi) is 4.39. The largest absolute Gasteiger partial charge is 0.453 e. The number of carbonyl (C=O) groups is 1. The van der Waals surface area contributed by atoms with Gasteiger partial charge in [-0.05, 0) is 25.0 Å². The molecule has 7 heteroatoms. The van der Waals surface area contributed by atoms with Crippen LogP contribution in [0.2, 0.25) is 0 Å². The van der Waals surface area contributed by atoms with Crippen LogP contribution in [0.5, 0.6) is 0 Å². The van der Waals surface area contributed by atoms with E-state index in [9.17, 15) is 14.9 Å². The molecule has 0 radical (unpaired) electrons. The third-order valence-electron chi connectivity index (χ3n) is 3.38. The monoisotopic (exact) mass is 279 g/mol. The van der Waals surface area contributed by atoms with Crippen molar-refractivity contribution in [1.29, 1.82) is 0 Å². The molecule has 1 aromatic carbocycles. The molecule has 1 fully saturated rings. The average Bonchev–Trinajstić information content (AvgIpc) is 2.48. The fraction of sp³-hybridized carbons (Fsp3) is 0.462. The average molecular weight is 279 g/mol. The van der Waals surface area contributed by atoms with E-state index in [1.54, 1.807) is 17.0 Å². The van der Waals surface area contributed by atoms with Crippen LogP contribution in [-0.4, -0.2) is 42.2 Å². The summed E-state index contributed by atoms with van der Waals surface area (Å²) < 4.78 is 4.68. The van der Waals surface area contributed by atoms with Gasteiger partial charge < -0.3 is 15.0 Å². The Labute approximate surface area is 116 Å². The number of rotatable bonds is 3. The number of nitro benzene ring substituents is 1. The molecule has 1 aliphatic rings. The number of nitro groups is 1. The van der Waals surface area contributed by atoms with Gasteiger partial charge in [-0.1, -0.05) is 0 Å². The fourth-order valence-electron chi connectivity index (χ4n) is 2.25. The molecule has 1 N–H and O–H groups in total. The van der Waals surface area contributed by atoms with Crippen LogP contribution in [0.25, 0.3) is 0 Å². The number of anilines is 1. The predicted molar refractivity (Wildman–Crippen MR) is 73.7 cm³/mol. The summed E-state index contributed by atoms with van der Waals surface area (Å²) >= 11 is 0. The highest BCUT2D eigenvalue weighted by Crippen LogP contribution is 2.19. The van der Waals surface area contributed by atoms with Crippen molar-refractivity contribution in [1.82, 2.24) is 4.90 Å². The van der Waals surface area contributed by atoms with E-state index in [1.165, 1.54) is 19.2 Å². The second kappa shape index (κ2) is 6.23. The summed E-state index contributed by atoms with van der Waals surface area (Å²) in [6.45, 7) is 1.30. The van der Waals surface area contributed by atoms with Crippen LogP contribution in [0.15, 0.2) is 24.3 Å². The van der Waals surface area contributed by atoms with Gasteiger partial charge in [0.25, 0.3) is 5.69 Å². The van der Waals surface area contributed by atoms with Crippen LogP contribution in [0.3, 0.4) is 0 Å². The second-order valence-electron chi connectivity index (χ2n) is 4.68. The van der Waals surface area contributed by atoms with E-state index in [0.717, 1.165) is 18.5 Å². The number of likely N-dealkylation sites (tertiary alicyclic amines) is 1. The third-order valence-corrected chi connectivity index (χ3v) is 3.38. The molecule has 20 heavy (non-hydrogen) atoms. The lowest BCUT2D eigenvalue weighted by Gasteiger charge is -2.31. The van der Waals surface area contributed by atoms with E-state index < -0.39 is 4.92 Å². The lowest BCUT2D eigenvalue weighted by molar-refractivity contribution is -0.384. The molecule has 1 saturated heterocycles. The number of carbonyl (C=O) groups excluding carboxylic acids is 1. The zero-order chi connectivity index (χ0) is 14.5. The standard InChI is InChI=1S/C13H17N3O4/c1-20-13(17)15-8-6-11(7-9-15)14-10-2-4-12(5-3-10)16(18)19/h2-5,11,14H,6-9H2,1H3. The van der Waals surface area contributed by atoms with Gasteiger partial charge in [-0.3, -0.25) is 10.1 Å². The molecular formula is C13H17N3O4. The van der Waals surface area contributed by atoms with E-state index in [4.69, 9.17) is 0 Å². The van der Waals surface area contributed by atoms with Crippen LogP contribution in [0, 0.1) is 10.1 Å². The summed E-state index contributed by atoms with van der Waals surface area (Å²) in [5.41, 5.74) is 0.933. The van der Waals surface area contributed by atoms with Crippen LogP contribution in [0.1, 0.15) is 12.8 Å². The molecule has 0 spiro atoms. The smallest absolute Gasteiger partial charge is 0.409 e. The summed E-state index contributed by atoms with van der Waals surface area (Å²) in [5, 5.41) is 13.9. The number of hydrogen-bond donors (Lipinski definition) is 1. The van der Waals surface area contributed by atoms with Crippen molar-refractivity contribution in [3.05, 3.63) is 34.4 Å². The molecule has 0 unspecified atom stereocenters. The van der Waals surface area contributed by atoms with Crippen molar-refractivity contribution in [2.75, 3.05) is 25.5 Å². The Bertz CT molecular complexity index is 481. The number of piperidine rings is 1. The molecule has 1 aromatic rings. The van der Waals surface area contributed by atoms with Crippen molar-refractivity contribution >= 4 is 17.5 Å². The first-order valence-electron chi connectivity index (χ1n) is 6.44. The molecule has 1 amide bonds. The van der Waals surface area contributed by atoms with E-state index in [1.807, 2.05) is 0 Å². The number of benzene rings is 1. The van der Waals surface area contributed by atoms with Gasteiger partial charge in [0.15, 0.2) is 0 Å². The molecule has 7 nitrogen and oxygen atoms in total. The molecule has 0 saturated carbocycles. The number of ether oxygens (including phenoxy) is 1. The van der Waals surface area contributed by atoms with E-state index in [2.05, 4.69) is 10.1 Å². The quantitative estimate of drug-likeness (QED) is 0.677. The van der Waals surface area contributed by atoms with Crippen molar-refractivity contribution < 1.29 is 14.5 Å². The van der Waals surface area contributed by atoms with Crippen LogP contribution < -0.4 is 5.32 Å². The van der Waals surface area contributed by atoms with E-state index in [0.29, 0.717) is 13.1 Å². The molecule has 1 aliphatic heterocycles. The lowest BCUT2D eigenvalue weighted by Crippen LogP contribution is -2.42. The van der Waals surface area contributed by atoms with E-state index in [-0.39, 0.29) is 17.8 Å². The van der Waals surface area contributed by atoms with Gasteiger partial charge in [-0.25, -0.2) is 4.79 Å². The third kappa shape index (κ3) is 3.37. The number of nitrogens with zero attached hydrogens (tertiary/aromatic N) is 2. The Morgan fingerprint density at radius 1 is 1.35 bits per heavy atom. The zero-order valence-corrected chi connectivity index (χ0v) is 11.2. The number of nitrogens with one attached hydrogen (secondary N) is 1. The SMILES string of the molecule is COC(=O)N1CCC(Nc2ccc([N+](=O)[O-])cc2)CC1. The highest BCUT2D eigenvalue weighted by Gasteiger charge is 2.23. The lowest BCUT2D eigenvalue weighted by atomic mass is 10.1. The van der Waals surface area contributed by atoms with Crippen molar-refractivity contribution in [2.45, 2.75) is 18.9 Å². The van der Waals surface area contributed by atoms with Gasteiger partial charge in [0.2, 0.25) is 0 Å². The first-order chi connectivity index (χ1) is 9.60. The Morgan fingerprint density at radius 3 is 2.45 bits per heavy atom. The highest BCUT2D eigenvalue weighted by molar-refractivity contribution is 5.67. The molecular weight excluding hydrogens is 262 g/mol. The maximum Gasteiger partial charge on any atom is 0.409 e. The number of hydrogen-bond acceptors (Lipinski definition) is 5. The Balaban J connectivity index is 1.86. The summed E-state index contributed by atoms with van der Waals surface area (Å²) in [6, 6.07) is 6.62. The van der Waals surface area contributed by atoms with Gasteiger partial charge in [0.05, 0.1) is 12.0 Å². The van der Waals surface area contributed by atoms with Crippen LogP contribution in [-0.2, 0) is 4.74 Å². The normalized spacial score (nSPS) is 15.8. The van der Waals surface area contributed by atoms with Gasteiger partial charge in [-0.15, -0.1) is 0 Å². The maximum absolute atomic E-state index is 11.4. The molecule has 2 rings (SSSR count). The van der Waals surface area contributed by atoms with Crippen LogP contribution >= 0.6 is 0 Å². The van der Waals surface area contributed by atoms with Crippen molar-refractivity contribution in [2.24, 2.45) is 0 Å². The molecule has 0 atom stereocenters.